The smallest absolute Gasteiger partial charge is 1.00 e. The van der Waals surface area contributed by atoms with Crippen LogP contribution in [0.1, 0.15) is 22.3 Å². The summed E-state index contributed by atoms with van der Waals surface area (Å²) in [6, 6.07) is 29.8. The zero-order valence-corrected chi connectivity index (χ0v) is 22.7. The Morgan fingerprint density at radius 3 is 1.38 bits per heavy atom. The first-order chi connectivity index (χ1) is 14.0. The van der Waals surface area contributed by atoms with Gasteiger partial charge in [-0.05, 0) is 19.2 Å². The Labute approximate surface area is 219 Å². The molecule has 0 radical (unpaired) electrons. The van der Waals surface area contributed by atoms with Gasteiger partial charge in [0.05, 0.1) is 0 Å². The first-order valence-corrected chi connectivity index (χ1v) is 11.6. The van der Waals surface area contributed by atoms with E-state index in [1.165, 1.54) is 59.7 Å². The number of aryl methyl sites for hydroxylation is 4. The molecule has 0 aliphatic heterocycles. The molecule has 5 aromatic rings. The van der Waals surface area contributed by atoms with E-state index in [9.17, 15) is 0 Å². The Morgan fingerprint density at radius 2 is 0.969 bits per heavy atom. The molecule has 0 amide bonds. The molecule has 0 aliphatic carbocycles. The third kappa shape index (κ3) is 4.63. The van der Waals surface area contributed by atoms with Crippen LogP contribution in [0.2, 0.25) is 0 Å². The summed E-state index contributed by atoms with van der Waals surface area (Å²) < 4.78 is 0. The van der Waals surface area contributed by atoms with E-state index in [-0.39, 0.29) is 46.5 Å². The number of hydrogen-bond donors (Lipinski definition) is 0. The van der Waals surface area contributed by atoms with Crippen molar-refractivity contribution in [3.63, 3.8) is 0 Å². The molecule has 0 heterocycles. The molecule has 4 heteroatoms. The van der Waals surface area contributed by atoms with E-state index in [1.807, 2.05) is 0 Å². The average molecular weight is 511 g/mol. The van der Waals surface area contributed by atoms with Gasteiger partial charge in [-0.1, -0.05) is 75.4 Å². The molecule has 0 atom stereocenters. The molecular weight excluding hydrogens is 486 g/mol. The van der Waals surface area contributed by atoms with Crippen molar-refractivity contribution in [3.05, 3.63) is 101 Å². The Bertz CT molecular complexity index is 1180. The molecule has 160 valence electrons. The van der Waals surface area contributed by atoms with E-state index < -0.39 is 7.92 Å². The van der Waals surface area contributed by atoms with Gasteiger partial charge in [-0.15, -0.1) is 67.5 Å². The number of benzene rings is 3. The Hall–Kier alpha value is -1.40. The second-order valence-corrected chi connectivity index (χ2v) is 10.4. The summed E-state index contributed by atoms with van der Waals surface area (Å²) >= 11 is 0. The molecule has 5 rings (SSSR count). The number of fused-ring (bicyclic) bond motifs is 2. The van der Waals surface area contributed by atoms with E-state index in [0.717, 1.165) is 0 Å². The maximum Gasteiger partial charge on any atom is 4.00 e. The largest absolute Gasteiger partial charge is 4.00 e. The fourth-order valence-corrected chi connectivity index (χ4v) is 6.83. The molecule has 0 nitrogen and oxygen atoms in total. The summed E-state index contributed by atoms with van der Waals surface area (Å²) in [6.07, 6.45) is 0. The van der Waals surface area contributed by atoms with Crippen molar-refractivity contribution in [2.75, 3.05) is 0 Å². The molecule has 0 aliphatic rings. The van der Waals surface area contributed by atoms with Crippen molar-refractivity contribution < 1.29 is 46.5 Å². The van der Waals surface area contributed by atoms with Gasteiger partial charge in [0.15, 0.2) is 0 Å². The van der Waals surface area contributed by atoms with Crippen LogP contribution in [0.4, 0.5) is 0 Å². The van der Waals surface area contributed by atoms with Crippen LogP contribution in [-0.4, -0.2) is 0 Å². The standard InChI is InChI=1S/C28H25P.2ClH.Ti/c1-18-10-11-19(2)26-15-23(14-25(18)26)29(22-8-6-5-7-9-22)24-16-27-20(3)12-13-21(4)28(27)17-24;;;/h5-17H,1-4H3;2*1H;/q-2;;;+4/p-2. The third-order valence-electron chi connectivity index (χ3n) is 6.15. The summed E-state index contributed by atoms with van der Waals surface area (Å²) in [4.78, 5) is 0. The van der Waals surface area contributed by atoms with Crippen LogP contribution in [0.15, 0.2) is 78.9 Å². The summed E-state index contributed by atoms with van der Waals surface area (Å²) in [5.74, 6) is 0. The Morgan fingerprint density at radius 1 is 0.562 bits per heavy atom. The monoisotopic (exact) mass is 510 g/mol. The second kappa shape index (κ2) is 10.7. The van der Waals surface area contributed by atoms with Crippen molar-refractivity contribution in [1.82, 2.24) is 0 Å². The molecule has 32 heavy (non-hydrogen) atoms. The van der Waals surface area contributed by atoms with Crippen LogP contribution in [0, 0.1) is 27.7 Å². The number of hydrogen-bond acceptors (Lipinski definition) is 0. The minimum absolute atomic E-state index is 0. The van der Waals surface area contributed by atoms with Gasteiger partial charge in [-0.25, -0.2) is 0 Å². The van der Waals surface area contributed by atoms with Gasteiger partial charge in [0.1, 0.15) is 0 Å². The predicted molar refractivity (Wildman–Crippen MR) is 130 cm³/mol. The van der Waals surface area contributed by atoms with Gasteiger partial charge in [0.25, 0.3) is 0 Å². The van der Waals surface area contributed by atoms with Crippen molar-refractivity contribution in [2.24, 2.45) is 0 Å². The van der Waals surface area contributed by atoms with Crippen molar-refractivity contribution in [3.8, 4) is 0 Å². The van der Waals surface area contributed by atoms with Crippen LogP contribution in [0.3, 0.4) is 0 Å². The second-order valence-electron chi connectivity index (χ2n) is 8.15. The van der Waals surface area contributed by atoms with Crippen molar-refractivity contribution >= 4 is 45.4 Å². The molecule has 5 aromatic carbocycles. The first kappa shape index (κ1) is 26.9. The van der Waals surface area contributed by atoms with Gasteiger partial charge >= 0.3 is 21.7 Å². The maximum atomic E-state index is 2.44. The molecule has 0 unspecified atom stereocenters. The molecular formula is C28H25Cl2PTi. The minimum atomic E-state index is -0.589. The molecule has 0 aromatic heterocycles. The van der Waals surface area contributed by atoms with Crippen molar-refractivity contribution in [1.29, 1.82) is 0 Å². The first-order valence-electron chi connectivity index (χ1n) is 10.2. The van der Waals surface area contributed by atoms with Gasteiger partial charge in [0.2, 0.25) is 0 Å². The summed E-state index contributed by atoms with van der Waals surface area (Å²) in [7, 11) is -0.589. The predicted octanol–water partition coefficient (Wildman–Crippen LogP) is 0.428. The van der Waals surface area contributed by atoms with Crippen LogP contribution in [0.5, 0.6) is 0 Å². The fraction of sp³-hybridized carbons (Fsp3) is 0.143. The van der Waals surface area contributed by atoms with E-state index in [1.54, 1.807) is 0 Å². The summed E-state index contributed by atoms with van der Waals surface area (Å²) in [6.45, 7) is 8.89. The maximum absolute atomic E-state index is 2.44. The van der Waals surface area contributed by atoms with Crippen LogP contribution in [0.25, 0.3) is 21.5 Å². The minimum Gasteiger partial charge on any atom is -1.00 e. The Kier molecular flexibility index (Phi) is 8.97. The van der Waals surface area contributed by atoms with E-state index >= 15 is 0 Å². The molecule has 0 spiro atoms. The molecule has 0 fully saturated rings. The fourth-order valence-electron chi connectivity index (χ4n) is 4.43. The quantitative estimate of drug-likeness (QED) is 0.187. The summed E-state index contributed by atoms with van der Waals surface area (Å²) in [5.41, 5.74) is 5.44. The number of rotatable bonds is 3. The van der Waals surface area contributed by atoms with Crippen LogP contribution in [-0.2, 0) is 21.7 Å². The Balaban J connectivity index is 0.00000121. The third-order valence-corrected chi connectivity index (χ3v) is 8.51. The van der Waals surface area contributed by atoms with Crippen LogP contribution < -0.4 is 40.7 Å². The number of halogens is 2. The van der Waals surface area contributed by atoms with E-state index in [2.05, 4.69) is 107 Å². The summed E-state index contributed by atoms with van der Waals surface area (Å²) in [5, 5.41) is 9.89. The molecule has 0 bridgehead atoms. The SMILES string of the molecule is Cc1ccc(C)c2[cH-]c(P(c3ccccc3)c3cc4c(C)ccc(C)c4[cH-]3)cc12.[Cl-].[Cl-].[Ti+4]. The average Bonchev–Trinajstić information content (AvgIpc) is 3.36. The van der Waals surface area contributed by atoms with Crippen molar-refractivity contribution in [2.45, 2.75) is 27.7 Å². The zero-order valence-electron chi connectivity index (χ0n) is 18.7. The van der Waals surface area contributed by atoms with Gasteiger partial charge in [-0.3, -0.25) is 0 Å². The topological polar surface area (TPSA) is 0 Å². The normalized spacial score (nSPS) is 10.7. The molecule has 0 saturated heterocycles. The zero-order chi connectivity index (χ0) is 20.1. The van der Waals surface area contributed by atoms with E-state index in [4.69, 9.17) is 0 Å². The molecule has 0 saturated carbocycles. The van der Waals surface area contributed by atoms with Crippen LogP contribution >= 0.6 is 7.92 Å². The van der Waals surface area contributed by atoms with Gasteiger partial charge in [-0.2, -0.15) is 12.1 Å². The van der Waals surface area contributed by atoms with Gasteiger partial charge < -0.3 is 24.8 Å². The van der Waals surface area contributed by atoms with Gasteiger partial charge in [0, 0.05) is 0 Å². The van der Waals surface area contributed by atoms with E-state index in [0.29, 0.717) is 0 Å². The molecule has 0 N–H and O–H groups in total.